The van der Waals surface area contributed by atoms with Crippen molar-refractivity contribution in [2.75, 3.05) is 12.8 Å². The maximum Gasteiger partial charge on any atom is 0.293 e. The molecule has 0 saturated heterocycles. The fourth-order valence-corrected chi connectivity index (χ4v) is 4.02. The van der Waals surface area contributed by atoms with E-state index in [1.54, 1.807) is 6.92 Å². The molecule has 2 N–H and O–H groups in total. The van der Waals surface area contributed by atoms with Crippen LogP contribution < -0.4 is 5.73 Å². The molecule has 1 aromatic rings. The lowest BCUT2D eigenvalue weighted by atomic mass is 10.2. The van der Waals surface area contributed by atoms with Gasteiger partial charge in [-0.1, -0.05) is 13.8 Å². The Bertz CT molecular complexity index is 639. The first-order valence-corrected chi connectivity index (χ1v) is 8.13. The lowest BCUT2D eigenvalue weighted by molar-refractivity contribution is -0.384. The third-order valence-electron chi connectivity index (χ3n) is 3.63. The van der Waals surface area contributed by atoms with Gasteiger partial charge in [-0.25, -0.2) is 8.42 Å². The molecule has 0 aromatic heterocycles. The van der Waals surface area contributed by atoms with Gasteiger partial charge in [0.2, 0.25) is 10.0 Å². The van der Waals surface area contributed by atoms with Crippen LogP contribution in [0.1, 0.15) is 32.3 Å². The summed E-state index contributed by atoms with van der Waals surface area (Å²) < 4.78 is 26.6. The third kappa shape index (κ3) is 3.33. The predicted octanol–water partition coefficient (Wildman–Crippen LogP) is 2.29. The van der Waals surface area contributed by atoms with Gasteiger partial charge in [-0.2, -0.15) is 4.31 Å². The van der Waals surface area contributed by atoms with E-state index in [1.165, 1.54) is 17.4 Å². The van der Waals surface area contributed by atoms with Crippen molar-refractivity contribution in [2.24, 2.45) is 0 Å². The van der Waals surface area contributed by atoms with Gasteiger partial charge in [0.15, 0.2) is 0 Å². The second-order valence-electron chi connectivity index (χ2n) is 4.93. The molecule has 0 aliphatic carbocycles. The van der Waals surface area contributed by atoms with E-state index in [9.17, 15) is 18.5 Å². The van der Waals surface area contributed by atoms with E-state index in [0.29, 0.717) is 18.4 Å². The van der Waals surface area contributed by atoms with Crippen LogP contribution in [0.3, 0.4) is 0 Å². The van der Waals surface area contributed by atoms with E-state index in [4.69, 9.17) is 5.73 Å². The summed E-state index contributed by atoms with van der Waals surface area (Å²) >= 11 is 0. The second kappa shape index (κ2) is 6.40. The predicted molar refractivity (Wildman–Crippen MR) is 81.6 cm³/mol. The van der Waals surface area contributed by atoms with Crippen LogP contribution >= 0.6 is 0 Å². The van der Waals surface area contributed by atoms with Crippen LogP contribution in [0.4, 0.5) is 11.4 Å². The van der Waals surface area contributed by atoms with Gasteiger partial charge in [-0.05, 0) is 31.4 Å². The van der Waals surface area contributed by atoms with Gasteiger partial charge < -0.3 is 5.73 Å². The molecule has 0 aliphatic rings. The topological polar surface area (TPSA) is 107 Å². The molecule has 0 saturated carbocycles. The summed E-state index contributed by atoms with van der Waals surface area (Å²) in [6.45, 7) is 5.38. The van der Waals surface area contributed by atoms with Crippen molar-refractivity contribution >= 4 is 21.4 Å². The van der Waals surface area contributed by atoms with Crippen LogP contribution in [-0.4, -0.2) is 30.7 Å². The van der Waals surface area contributed by atoms with Crippen molar-refractivity contribution in [3.05, 3.63) is 27.8 Å². The minimum Gasteiger partial charge on any atom is -0.393 e. The summed E-state index contributed by atoms with van der Waals surface area (Å²) in [6, 6.07) is 2.22. The summed E-state index contributed by atoms with van der Waals surface area (Å²) in [6.07, 6.45) is 1.34. The molecule has 0 fully saturated rings. The van der Waals surface area contributed by atoms with Gasteiger partial charge in [0.25, 0.3) is 5.69 Å². The first-order valence-electron chi connectivity index (χ1n) is 6.69. The molecule has 0 bridgehead atoms. The van der Waals surface area contributed by atoms with Crippen LogP contribution in [0.15, 0.2) is 17.0 Å². The molecule has 0 heterocycles. The number of nitro benzene ring substituents is 1. The maximum absolute atomic E-state index is 12.7. The highest BCUT2D eigenvalue weighted by atomic mass is 32.2. The molecule has 0 atom stereocenters. The molecule has 0 unspecified atom stereocenters. The number of nitrogen functional groups attached to an aromatic ring is 1. The van der Waals surface area contributed by atoms with Crippen molar-refractivity contribution in [1.82, 2.24) is 4.31 Å². The highest BCUT2D eigenvalue weighted by Crippen LogP contribution is 2.30. The molecule has 0 aliphatic heterocycles. The van der Waals surface area contributed by atoms with Gasteiger partial charge in [0, 0.05) is 19.2 Å². The van der Waals surface area contributed by atoms with Gasteiger partial charge in [-0.15, -0.1) is 0 Å². The van der Waals surface area contributed by atoms with E-state index in [0.717, 1.165) is 6.07 Å². The number of nitrogens with two attached hydrogens (primary N) is 1. The molecule has 0 spiro atoms. The van der Waals surface area contributed by atoms with Crippen LogP contribution in [0, 0.1) is 17.0 Å². The molecule has 1 rings (SSSR count). The SMILES string of the molecule is CCC(CC)N(C)S(=O)(=O)c1cc([N+](=O)[O-])c(N)cc1C. The molecular weight excluding hydrogens is 294 g/mol. The highest BCUT2D eigenvalue weighted by Gasteiger charge is 2.30. The average Bonchev–Trinajstić information content (AvgIpc) is 2.39. The normalized spacial score (nSPS) is 12.1. The number of aryl methyl sites for hydroxylation is 1. The fraction of sp³-hybridized carbons (Fsp3) is 0.538. The number of sulfonamides is 1. The van der Waals surface area contributed by atoms with Crippen molar-refractivity contribution in [3.63, 3.8) is 0 Å². The number of benzene rings is 1. The largest absolute Gasteiger partial charge is 0.393 e. The number of nitrogens with zero attached hydrogens (tertiary/aromatic N) is 2. The lowest BCUT2D eigenvalue weighted by Gasteiger charge is -2.26. The van der Waals surface area contributed by atoms with Crippen molar-refractivity contribution in [3.8, 4) is 0 Å². The van der Waals surface area contributed by atoms with Gasteiger partial charge >= 0.3 is 0 Å². The lowest BCUT2D eigenvalue weighted by Crippen LogP contribution is -2.36. The summed E-state index contributed by atoms with van der Waals surface area (Å²) in [5, 5.41) is 10.9. The van der Waals surface area contributed by atoms with Crippen LogP contribution in [0.5, 0.6) is 0 Å². The van der Waals surface area contributed by atoms with E-state index in [-0.39, 0.29) is 16.6 Å². The molecule has 7 nitrogen and oxygen atoms in total. The van der Waals surface area contributed by atoms with E-state index in [1.807, 2.05) is 13.8 Å². The van der Waals surface area contributed by atoms with E-state index in [2.05, 4.69) is 0 Å². The smallest absolute Gasteiger partial charge is 0.293 e. The molecule has 1 aromatic carbocycles. The van der Waals surface area contributed by atoms with Crippen molar-refractivity contribution < 1.29 is 13.3 Å². The molecular formula is C13H21N3O4S. The number of anilines is 1. The molecule has 0 radical (unpaired) electrons. The second-order valence-corrected chi connectivity index (χ2v) is 6.89. The Morgan fingerprint density at radius 3 is 2.29 bits per heavy atom. The number of hydrogen-bond donors (Lipinski definition) is 1. The average molecular weight is 315 g/mol. The van der Waals surface area contributed by atoms with E-state index >= 15 is 0 Å². The van der Waals surface area contributed by atoms with Gasteiger partial charge in [0.1, 0.15) is 5.69 Å². The van der Waals surface area contributed by atoms with Crippen molar-refractivity contribution in [2.45, 2.75) is 44.6 Å². The summed E-state index contributed by atoms with van der Waals surface area (Å²) in [4.78, 5) is 10.2. The molecule has 0 amide bonds. The monoisotopic (exact) mass is 315 g/mol. The molecule has 8 heteroatoms. The quantitative estimate of drug-likeness (QED) is 0.492. The Labute approximate surface area is 124 Å². The van der Waals surface area contributed by atoms with Crippen molar-refractivity contribution in [1.29, 1.82) is 0 Å². The van der Waals surface area contributed by atoms with Gasteiger partial charge in [-0.3, -0.25) is 10.1 Å². The Morgan fingerprint density at radius 1 is 1.33 bits per heavy atom. The summed E-state index contributed by atoms with van der Waals surface area (Å²) in [5.41, 5.74) is 5.54. The maximum atomic E-state index is 12.7. The zero-order valence-corrected chi connectivity index (χ0v) is 13.5. The van der Waals surface area contributed by atoms with Crippen LogP contribution in [0.2, 0.25) is 0 Å². The first-order chi connectivity index (χ1) is 9.66. The standard InChI is InChI=1S/C13H21N3O4S/c1-5-10(6-2)15(4)21(19,20)13-8-12(16(17)18)11(14)7-9(13)3/h7-8,10H,5-6,14H2,1-4H3. The first kappa shape index (κ1) is 17.4. The van der Waals surface area contributed by atoms with Crippen LogP contribution in [-0.2, 0) is 10.0 Å². The Hall–Kier alpha value is -1.67. The summed E-state index contributed by atoms with van der Waals surface area (Å²) in [5.74, 6) is 0. The number of rotatable bonds is 6. The third-order valence-corrected chi connectivity index (χ3v) is 5.69. The van der Waals surface area contributed by atoms with Gasteiger partial charge in [0.05, 0.1) is 9.82 Å². The Kier molecular flexibility index (Phi) is 5.30. The molecule has 21 heavy (non-hydrogen) atoms. The fourth-order valence-electron chi connectivity index (χ4n) is 2.29. The Morgan fingerprint density at radius 2 is 1.86 bits per heavy atom. The minimum absolute atomic E-state index is 0.0402. The zero-order valence-electron chi connectivity index (χ0n) is 12.7. The minimum atomic E-state index is -3.79. The highest BCUT2D eigenvalue weighted by molar-refractivity contribution is 7.89. The number of nitro groups is 1. The number of hydrogen-bond acceptors (Lipinski definition) is 5. The summed E-state index contributed by atoms with van der Waals surface area (Å²) in [7, 11) is -2.30. The van der Waals surface area contributed by atoms with E-state index < -0.39 is 20.6 Å². The Balaban J connectivity index is 3.44. The zero-order chi connectivity index (χ0) is 16.4. The molecule has 118 valence electrons. The van der Waals surface area contributed by atoms with Crippen LogP contribution in [0.25, 0.3) is 0 Å².